The Hall–Kier alpha value is -2.51. The summed E-state index contributed by atoms with van der Waals surface area (Å²) in [7, 11) is 1.58. The molecule has 0 saturated heterocycles. The van der Waals surface area contributed by atoms with Gasteiger partial charge in [0.1, 0.15) is 12.4 Å². The van der Waals surface area contributed by atoms with Crippen molar-refractivity contribution in [2.24, 2.45) is 0 Å². The maximum absolute atomic E-state index is 12.7. The fourth-order valence-corrected chi connectivity index (χ4v) is 3.46. The highest BCUT2D eigenvalue weighted by atomic mass is 32.2. The average Bonchev–Trinajstić information content (AvgIpc) is 3.06. The summed E-state index contributed by atoms with van der Waals surface area (Å²) < 4.78 is 23.2. The zero-order chi connectivity index (χ0) is 17.6. The molecule has 3 aromatic rings. The van der Waals surface area contributed by atoms with E-state index in [0.717, 1.165) is 22.3 Å². The number of hydrogen-bond acceptors (Lipinski definition) is 5. The van der Waals surface area contributed by atoms with Crippen LogP contribution >= 0.6 is 0 Å². The second-order valence-electron chi connectivity index (χ2n) is 5.35. The lowest BCUT2D eigenvalue weighted by Crippen LogP contribution is -2.10. The van der Waals surface area contributed by atoms with Crippen molar-refractivity contribution in [2.45, 2.75) is 17.8 Å². The molecule has 0 aliphatic heterocycles. The van der Waals surface area contributed by atoms with Gasteiger partial charge in [-0.05, 0) is 31.2 Å². The van der Waals surface area contributed by atoms with Crippen molar-refractivity contribution in [1.29, 1.82) is 0 Å². The molecule has 1 aromatic carbocycles. The summed E-state index contributed by atoms with van der Waals surface area (Å²) in [6, 6.07) is 9.41. The smallest absolute Gasteiger partial charge is 0.322 e. The molecular weight excluding hydrogens is 338 g/mol. The fraction of sp³-hybridized carbons (Fsp3) is 0.222. The lowest BCUT2D eigenvalue weighted by molar-refractivity contribution is 0.321. The van der Waals surface area contributed by atoms with Gasteiger partial charge >= 0.3 is 5.16 Å². The van der Waals surface area contributed by atoms with Gasteiger partial charge in [0.25, 0.3) is 0 Å². The zero-order valence-corrected chi connectivity index (χ0v) is 14.9. The monoisotopic (exact) mass is 357 g/mol. The van der Waals surface area contributed by atoms with Gasteiger partial charge in [-0.1, -0.05) is 12.1 Å². The summed E-state index contributed by atoms with van der Waals surface area (Å²) in [6.45, 7) is 2.30. The van der Waals surface area contributed by atoms with Gasteiger partial charge in [0, 0.05) is 22.9 Å². The number of nitrogens with one attached hydrogen (secondary N) is 1. The number of rotatable bonds is 7. The summed E-state index contributed by atoms with van der Waals surface area (Å²) in [5, 5.41) is 0.455. The molecule has 130 valence electrons. The molecule has 1 atom stereocenters. The molecule has 0 saturated carbocycles. The van der Waals surface area contributed by atoms with Gasteiger partial charge in [-0.3, -0.25) is 9.97 Å². The van der Waals surface area contributed by atoms with Crippen LogP contribution in [0.2, 0.25) is 0 Å². The Bertz CT molecular complexity index is 846. The molecule has 0 amide bonds. The molecule has 0 aliphatic carbocycles. The number of aromatic nitrogens is 3. The lowest BCUT2D eigenvalue weighted by atomic mass is 10.2. The minimum atomic E-state index is -1.31. The van der Waals surface area contributed by atoms with Crippen LogP contribution in [0, 0.1) is 6.92 Å². The van der Waals surface area contributed by atoms with E-state index in [1.807, 2.05) is 31.2 Å². The van der Waals surface area contributed by atoms with Crippen LogP contribution in [0.5, 0.6) is 5.75 Å². The Labute approximate surface area is 149 Å². The van der Waals surface area contributed by atoms with E-state index < -0.39 is 11.2 Å². The summed E-state index contributed by atoms with van der Waals surface area (Å²) in [5.74, 6) is 0.990. The van der Waals surface area contributed by atoms with Crippen LogP contribution < -0.4 is 4.74 Å². The zero-order valence-electron chi connectivity index (χ0n) is 14.1. The summed E-state index contributed by atoms with van der Waals surface area (Å²) in [4.78, 5) is 11.8. The third kappa shape index (κ3) is 4.12. The number of hydrogen-bond donors (Lipinski definition) is 1. The second-order valence-corrected chi connectivity index (χ2v) is 6.71. The summed E-state index contributed by atoms with van der Waals surface area (Å²) in [5.41, 5.74) is 3.28. The minimum absolute atomic E-state index is 0.275. The van der Waals surface area contributed by atoms with Gasteiger partial charge in [-0.25, -0.2) is 0 Å². The fourth-order valence-electron chi connectivity index (χ4n) is 2.36. The highest BCUT2D eigenvalue weighted by molar-refractivity contribution is 7.90. The van der Waals surface area contributed by atoms with Crippen LogP contribution in [0.25, 0.3) is 11.0 Å². The molecule has 0 fully saturated rings. The molecule has 1 N–H and O–H groups in total. The van der Waals surface area contributed by atoms with Crippen molar-refractivity contribution in [3.63, 3.8) is 0 Å². The number of pyridine rings is 1. The molecule has 0 radical (unpaired) electrons. The predicted octanol–water partition coefficient (Wildman–Crippen LogP) is 3.11. The quantitative estimate of drug-likeness (QED) is 0.519. The standard InChI is InChI=1S/C18H19N3O3S/c1-13-16(19-9-8-17(13)24-11-5-10-23-2)12-25(22)18-20-14-6-3-4-7-15(14)21-18/h3-10H,11-12H2,1-2H3,(H,20,21)/b10-5-. The third-order valence-corrected chi connectivity index (χ3v) is 4.84. The highest BCUT2D eigenvalue weighted by Crippen LogP contribution is 2.23. The molecule has 6 nitrogen and oxygen atoms in total. The van der Waals surface area contributed by atoms with Gasteiger partial charge < -0.3 is 14.0 Å². The van der Waals surface area contributed by atoms with Crippen molar-refractivity contribution < 1.29 is 14.0 Å². The van der Waals surface area contributed by atoms with Gasteiger partial charge in [-0.15, -0.1) is 0 Å². The number of aromatic amines is 1. The Morgan fingerprint density at radius 2 is 2.12 bits per heavy atom. The van der Waals surface area contributed by atoms with Crippen LogP contribution in [0.1, 0.15) is 11.3 Å². The number of methoxy groups -OCH3 is 1. The number of nitrogens with zero attached hydrogens (tertiary/aromatic N) is 2. The van der Waals surface area contributed by atoms with Crippen molar-refractivity contribution in [3.8, 4) is 5.75 Å². The molecule has 0 aliphatic rings. The maximum Gasteiger partial charge on any atom is 0.322 e. The van der Waals surface area contributed by atoms with Crippen LogP contribution in [0.3, 0.4) is 0 Å². The first-order valence-electron chi connectivity index (χ1n) is 7.77. The minimum Gasteiger partial charge on any atom is -0.609 e. The number of fused-ring (bicyclic) bond motifs is 1. The van der Waals surface area contributed by atoms with Crippen LogP contribution in [-0.2, 0) is 21.7 Å². The Kier molecular flexibility index (Phi) is 5.57. The predicted molar refractivity (Wildman–Crippen MR) is 96.8 cm³/mol. The van der Waals surface area contributed by atoms with Crippen LogP contribution in [-0.4, -0.2) is 33.2 Å². The van der Waals surface area contributed by atoms with Crippen molar-refractivity contribution in [2.75, 3.05) is 13.7 Å². The summed E-state index contributed by atoms with van der Waals surface area (Å²) in [6.07, 6.45) is 4.99. The highest BCUT2D eigenvalue weighted by Gasteiger charge is 2.20. The average molecular weight is 357 g/mol. The Balaban J connectivity index is 1.74. The van der Waals surface area contributed by atoms with Gasteiger partial charge in [0.05, 0.1) is 30.1 Å². The van der Waals surface area contributed by atoms with E-state index in [-0.39, 0.29) is 5.75 Å². The van der Waals surface area contributed by atoms with Gasteiger partial charge in [0.2, 0.25) is 0 Å². The first kappa shape index (κ1) is 17.3. The van der Waals surface area contributed by atoms with E-state index in [1.165, 1.54) is 0 Å². The number of H-pyrrole nitrogens is 1. The molecule has 0 bridgehead atoms. The van der Waals surface area contributed by atoms with Crippen molar-refractivity contribution >= 4 is 22.2 Å². The molecule has 2 aromatic heterocycles. The number of benzene rings is 1. The van der Waals surface area contributed by atoms with Crippen molar-refractivity contribution in [1.82, 2.24) is 15.0 Å². The molecule has 25 heavy (non-hydrogen) atoms. The Morgan fingerprint density at radius 3 is 2.92 bits per heavy atom. The lowest BCUT2D eigenvalue weighted by Gasteiger charge is -2.12. The number of imidazole rings is 1. The molecular formula is C18H19N3O3S. The number of ether oxygens (including phenoxy) is 2. The molecule has 1 unspecified atom stereocenters. The Morgan fingerprint density at radius 1 is 1.28 bits per heavy atom. The van der Waals surface area contributed by atoms with Gasteiger partial charge in [-0.2, -0.15) is 4.98 Å². The number of para-hydroxylation sites is 2. The van der Waals surface area contributed by atoms with E-state index in [2.05, 4.69) is 15.0 Å². The van der Waals surface area contributed by atoms with Crippen molar-refractivity contribution in [3.05, 3.63) is 60.1 Å². The first-order chi connectivity index (χ1) is 12.2. The van der Waals surface area contributed by atoms with Crippen LogP contribution in [0.4, 0.5) is 0 Å². The largest absolute Gasteiger partial charge is 0.609 e. The van der Waals surface area contributed by atoms with E-state index in [4.69, 9.17) is 9.47 Å². The second kappa shape index (κ2) is 8.04. The van der Waals surface area contributed by atoms with E-state index in [0.29, 0.717) is 17.5 Å². The summed E-state index contributed by atoms with van der Waals surface area (Å²) >= 11 is -1.31. The normalized spacial score (nSPS) is 12.6. The first-order valence-corrected chi connectivity index (χ1v) is 9.09. The topological polar surface area (TPSA) is 83.1 Å². The van der Waals surface area contributed by atoms with E-state index in [1.54, 1.807) is 31.7 Å². The van der Waals surface area contributed by atoms with Gasteiger partial charge in [0.15, 0.2) is 5.75 Å². The molecule has 3 rings (SSSR count). The van der Waals surface area contributed by atoms with E-state index in [9.17, 15) is 4.55 Å². The maximum atomic E-state index is 12.7. The van der Waals surface area contributed by atoms with Crippen LogP contribution in [0.15, 0.2) is 54.0 Å². The molecule has 7 heteroatoms. The molecule has 0 spiro atoms. The third-order valence-electron chi connectivity index (χ3n) is 3.68. The molecule has 2 heterocycles. The SMILES string of the molecule is CO/C=C\COc1ccnc(C[S+]([O-])c2nc3ccccc3[nH]2)c1C. The van der Waals surface area contributed by atoms with E-state index >= 15 is 0 Å².